The van der Waals surface area contributed by atoms with Gasteiger partial charge >= 0.3 is 0 Å². The van der Waals surface area contributed by atoms with Crippen LogP contribution in [0, 0.1) is 5.82 Å². The second-order valence-corrected chi connectivity index (χ2v) is 8.32. The van der Waals surface area contributed by atoms with E-state index in [1.165, 1.54) is 13.0 Å². The normalized spacial score (nSPS) is 10.9. The molecule has 0 unspecified atom stereocenters. The molecule has 36 heavy (non-hydrogen) atoms. The van der Waals surface area contributed by atoms with Crippen molar-refractivity contribution in [3.8, 4) is 22.6 Å². The summed E-state index contributed by atoms with van der Waals surface area (Å²) in [4.78, 5) is 24.1. The Morgan fingerprint density at radius 1 is 1.03 bits per heavy atom. The van der Waals surface area contributed by atoms with E-state index < -0.39 is 5.82 Å². The molecule has 3 heterocycles. The number of imidazole rings is 1. The molecule has 5 aromatic rings. The maximum Gasteiger partial charge on any atom is 0.222 e. The molecular weight excluding hydrogens is 483 g/mol. The summed E-state index contributed by atoms with van der Waals surface area (Å²) in [6.45, 7) is 1.41. The molecule has 0 aliphatic heterocycles. The Balaban J connectivity index is 1.42. The van der Waals surface area contributed by atoms with E-state index in [1.54, 1.807) is 54.9 Å². The summed E-state index contributed by atoms with van der Waals surface area (Å²) in [5, 5.41) is 6.04. The highest BCUT2D eigenvalue weighted by Gasteiger charge is 2.14. The summed E-state index contributed by atoms with van der Waals surface area (Å²) in [5.74, 6) is 1.25. The number of nitrogens with zero attached hydrogens (tertiary/aromatic N) is 4. The van der Waals surface area contributed by atoms with Crippen LogP contribution in [-0.4, -0.2) is 25.4 Å². The number of nitrogens with one attached hydrogen (secondary N) is 2. The predicted octanol–water partition coefficient (Wildman–Crippen LogP) is 6.32. The van der Waals surface area contributed by atoms with Gasteiger partial charge < -0.3 is 19.9 Å². The van der Waals surface area contributed by atoms with Crippen LogP contribution in [0.2, 0.25) is 5.15 Å². The number of hydrogen-bond donors (Lipinski definition) is 2. The van der Waals surface area contributed by atoms with Gasteiger partial charge in [0.1, 0.15) is 28.3 Å². The van der Waals surface area contributed by atoms with Crippen LogP contribution in [0.5, 0.6) is 11.5 Å². The third-order valence-electron chi connectivity index (χ3n) is 5.41. The standard InChI is InChI=1S/C26H20ClFN6O2/c1-15(35)31-24-14-18(9-11-29-24)36-17-6-8-23-22(13-17)33-26(34(23)2)32-21-12-16(5-7-20(21)28)19-4-3-10-30-25(19)27/h3-14H,1-2H3,(H,32,33)(H,29,31,35). The number of fused-ring (bicyclic) bond motifs is 1. The second kappa shape index (κ2) is 9.63. The Bertz CT molecular complexity index is 1600. The van der Waals surface area contributed by atoms with E-state index in [0.717, 1.165) is 11.1 Å². The van der Waals surface area contributed by atoms with Crippen LogP contribution >= 0.6 is 11.6 Å². The van der Waals surface area contributed by atoms with Crippen LogP contribution in [0.4, 0.5) is 21.8 Å². The van der Waals surface area contributed by atoms with Gasteiger partial charge in [-0.25, -0.2) is 19.3 Å². The number of hydrogen-bond acceptors (Lipinski definition) is 6. The predicted molar refractivity (Wildman–Crippen MR) is 137 cm³/mol. The molecule has 0 saturated carbocycles. The molecule has 0 saturated heterocycles. The van der Waals surface area contributed by atoms with Gasteiger partial charge in [0.05, 0.1) is 16.7 Å². The number of amides is 1. The van der Waals surface area contributed by atoms with Crippen molar-refractivity contribution >= 4 is 46.0 Å². The number of benzene rings is 2. The maximum absolute atomic E-state index is 14.7. The molecule has 180 valence electrons. The van der Waals surface area contributed by atoms with Crippen molar-refractivity contribution in [1.82, 2.24) is 19.5 Å². The lowest BCUT2D eigenvalue weighted by molar-refractivity contribution is -0.114. The van der Waals surface area contributed by atoms with Crippen LogP contribution in [-0.2, 0) is 11.8 Å². The van der Waals surface area contributed by atoms with Crippen LogP contribution in [0.25, 0.3) is 22.2 Å². The van der Waals surface area contributed by atoms with Gasteiger partial charge in [-0.3, -0.25) is 4.79 Å². The molecule has 0 atom stereocenters. The van der Waals surface area contributed by atoms with Crippen molar-refractivity contribution in [2.45, 2.75) is 6.92 Å². The van der Waals surface area contributed by atoms with Crippen molar-refractivity contribution in [2.24, 2.45) is 7.05 Å². The summed E-state index contributed by atoms with van der Waals surface area (Å²) in [6, 6.07) is 17.0. The quantitative estimate of drug-likeness (QED) is 0.264. The van der Waals surface area contributed by atoms with E-state index in [9.17, 15) is 9.18 Å². The van der Waals surface area contributed by atoms with E-state index in [2.05, 4.69) is 25.6 Å². The van der Waals surface area contributed by atoms with Gasteiger partial charge in [-0.15, -0.1) is 0 Å². The van der Waals surface area contributed by atoms with E-state index in [-0.39, 0.29) is 11.6 Å². The number of halogens is 2. The van der Waals surface area contributed by atoms with Gasteiger partial charge in [0.15, 0.2) is 0 Å². The second-order valence-electron chi connectivity index (χ2n) is 7.97. The van der Waals surface area contributed by atoms with Crippen molar-refractivity contribution in [3.63, 3.8) is 0 Å². The highest BCUT2D eigenvalue weighted by Crippen LogP contribution is 2.32. The van der Waals surface area contributed by atoms with Crippen molar-refractivity contribution < 1.29 is 13.9 Å². The average molecular weight is 503 g/mol. The monoisotopic (exact) mass is 502 g/mol. The van der Waals surface area contributed by atoms with Gasteiger partial charge in [0.2, 0.25) is 11.9 Å². The zero-order chi connectivity index (χ0) is 25.2. The first-order chi connectivity index (χ1) is 17.4. The summed E-state index contributed by atoms with van der Waals surface area (Å²) in [7, 11) is 1.83. The van der Waals surface area contributed by atoms with Crippen molar-refractivity contribution in [3.05, 3.63) is 84.0 Å². The van der Waals surface area contributed by atoms with E-state index in [1.807, 2.05) is 23.7 Å². The third kappa shape index (κ3) is 4.82. The summed E-state index contributed by atoms with van der Waals surface area (Å²) in [6.07, 6.45) is 3.14. The van der Waals surface area contributed by atoms with Gasteiger partial charge in [-0.1, -0.05) is 17.7 Å². The molecule has 0 aliphatic carbocycles. The highest BCUT2D eigenvalue weighted by atomic mass is 35.5. The average Bonchev–Trinajstić information content (AvgIpc) is 3.15. The van der Waals surface area contributed by atoms with Gasteiger partial charge in [0, 0.05) is 44.1 Å². The minimum atomic E-state index is -0.428. The fourth-order valence-corrected chi connectivity index (χ4v) is 3.95. The highest BCUT2D eigenvalue weighted by molar-refractivity contribution is 6.32. The number of ether oxygens (including phenoxy) is 1. The number of anilines is 3. The number of aromatic nitrogens is 4. The maximum atomic E-state index is 14.7. The fourth-order valence-electron chi connectivity index (χ4n) is 3.72. The summed E-state index contributed by atoms with van der Waals surface area (Å²) in [5.41, 5.74) is 3.16. The SMILES string of the molecule is CC(=O)Nc1cc(Oc2ccc3c(c2)nc(Nc2cc(-c4cccnc4Cl)ccc2F)n3C)ccn1. The molecule has 0 bridgehead atoms. The molecule has 5 rings (SSSR count). The molecule has 0 fully saturated rings. The lowest BCUT2D eigenvalue weighted by atomic mass is 10.1. The van der Waals surface area contributed by atoms with E-state index in [0.29, 0.717) is 39.5 Å². The molecule has 8 nitrogen and oxygen atoms in total. The van der Waals surface area contributed by atoms with Crippen LogP contribution in [0.1, 0.15) is 6.92 Å². The number of aryl methyl sites for hydroxylation is 1. The van der Waals surface area contributed by atoms with E-state index in [4.69, 9.17) is 16.3 Å². The van der Waals surface area contributed by atoms with Gasteiger partial charge in [-0.05, 0) is 48.0 Å². The first kappa shape index (κ1) is 23.3. The molecule has 10 heteroatoms. The number of rotatable bonds is 6. The van der Waals surface area contributed by atoms with Crippen molar-refractivity contribution in [1.29, 1.82) is 0 Å². The zero-order valence-corrected chi connectivity index (χ0v) is 20.0. The smallest absolute Gasteiger partial charge is 0.222 e. The van der Waals surface area contributed by atoms with E-state index >= 15 is 0 Å². The van der Waals surface area contributed by atoms with Crippen LogP contribution in [0.15, 0.2) is 73.1 Å². The zero-order valence-electron chi connectivity index (χ0n) is 19.3. The Morgan fingerprint density at radius 2 is 1.86 bits per heavy atom. The lowest BCUT2D eigenvalue weighted by Gasteiger charge is -2.10. The first-order valence-electron chi connectivity index (χ1n) is 10.9. The van der Waals surface area contributed by atoms with Crippen LogP contribution in [0.3, 0.4) is 0 Å². The number of carbonyl (C=O) groups excluding carboxylic acids is 1. The molecule has 3 aromatic heterocycles. The van der Waals surface area contributed by atoms with Gasteiger partial charge in [-0.2, -0.15) is 0 Å². The fraction of sp³-hybridized carbons (Fsp3) is 0.0769. The molecule has 0 radical (unpaired) electrons. The number of carbonyl (C=O) groups is 1. The molecule has 1 amide bonds. The molecule has 0 aliphatic rings. The first-order valence-corrected chi connectivity index (χ1v) is 11.3. The Kier molecular flexibility index (Phi) is 6.22. The molecule has 0 spiro atoms. The molecule has 2 N–H and O–H groups in total. The van der Waals surface area contributed by atoms with Crippen LogP contribution < -0.4 is 15.4 Å². The Morgan fingerprint density at radius 3 is 2.67 bits per heavy atom. The minimum Gasteiger partial charge on any atom is -0.457 e. The lowest BCUT2D eigenvalue weighted by Crippen LogP contribution is -2.07. The number of pyridine rings is 2. The minimum absolute atomic E-state index is 0.222. The summed E-state index contributed by atoms with van der Waals surface area (Å²) < 4.78 is 22.4. The largest absolute Gasteiger partial charge is 0.457 e. The van der Waals surface area contributed by atoms with Gasteiger partial charge in [0.25, 0.3) is 0 Å². The molecular formula is C26H20ClFN6O2. The topological polar surface area (TPSA) is 94.0 Å². The Hall–Kier alpha value is -4.50. The summed E-state index contributed by atoms with van der Waals surface area (Å²) >= 11 is 6.22. The third-order valence-corrected chi connectivity index (χ3v) is 5.71. The van der Waals surface area contributed by atoms with Crippen molar-refractivity contribution in [2.75, 3.05) is 10.6 Å². The Labute approximate surface area is 210 Å². The molecule has 2 aromatic carbocycles.